The molecule has 0 spiro atoms. The van der Waals surface area contributed by atoms with Gasteiger partial charge in [0.25, 0.3) is 5.91 Å². The maximum atomic E-state index is 12.0. The molecule has 0 unspecified atom stereocenters. The van der Waals surface area contributed by atoms with Crippen molar-refractivity contribution < 1.29 is 9.59 Å². The number of benzene rings is 2. The Balaban J connectivity index is 1.92. The summed E-state index contributed by atoms with van der Waals surface area (Å²) in [5, 5.41) is 7.24. The quantitative estimate of drug-likeness (QED) is 0.434. The van der Waals surface area contributed by atoms with Gasteiger partial charge in [0.2, 0.25) is 5.91 Å². The van der Waals surface area contributed by atoms with Crippen molar-refractivity contribution in [3.63, 3.8) is 0 Å². The third-order valence-electron chi connectivity index (χ3n) is 3.43. The van der Waals surface area contributed by atoms with E-state index in [-0.39, 0.29) is 12.3 Å². The lowest BCUT2D eigenvalue weighted by atomic mass is 10.2. The first-order chi connectivity index (χ1) is 11.9. The molecule has 0 saturated carbocycles. The molecule has 0 fully saturated rings. The van der Waals surface area contributed by atoms with E-state index in [0.29, 0.717) is 27.7 Å². The van der Waals surface area contributed by atoms with Crippen LogP contribution in [0.15, 0.2) is 47.6 Å². The Morgan fingerprint density at radius 1 is 1.20 bits per heavy atom. The fourth-order valence-electron chi connectivity index (χ4n) is 2.06. The van der Waals surface area contributed by atoms with Gasteiger partial charge in [-0.3, -0.25) is 9.59 Å². The molecule has 0 saturated heterocycles. The molecule has 2 aromatic carbocycles. The van der Waals surface area contributed by atoms with Crippen molar-refractivity contribution in [1.82, 2.24) is 5.43 Å². The Kier molecular flexibility index (Phi) is 6.14. The highest BCUT2D eigenvalue weighted by Gasteiger charge is 2.09. The summed E-state index contributed by atoms with van der Waals surface area (Å²) in [6, 6.07) is 12.0. The fourth-order valence-corrected chi connectivity index (χ4v) is 2.24. The van der Waals surface area contributed by atoms with E-state index in [1.807, 2.05) is 13.0 Å². The van der Waals surface area contributed by atoms with Crippen LogP contribution >= 0.6 is 11.6 Å². The van der Waals surface area contributed by atoms with Crippen LogP contribution in [0.3, 0.4) is 0 Å². The predicted molar refractivity (Wildman–Crippen MR) is 101 cm³/mol. The first-order valence-corrected chi connectivity index (χ1v) is 7.98. The molecule has 2 aromatic rings. The number of halogens is 1. The molecule has 7 heteroatoms. The lowest BCUT2D eigenvalue weighted by Gasteiger charge is -2.07. The van der Waals surface area contributed by atoms with Crippen LogP contribution in [0.2, 0.25) is 5.02 Å². The number of nitrogens with zero attached hydrogens (tertiary/aromatic N) is 1. The number of carbonyl (C=O) groups excluding carboxylic acids is 2. The maximum Gasteiger partial charge on any atom is 0.273 e. The zero-order chi connectivity index (χ0) is 18.4. The van der Waals surface area contributed by atoms with Crippen molar-refractivity contribution in [3.8, 4) is 0 Å². The van der Waals surface area contributed by atoms with Gasteiger partial charge in [-0.1, -0.05) is 29.8 Å². The summed E-state index contributed by atoms with van der Waals surface area (Å²) >= 11 is 6.03. The topological polar surface area (TPSA) is 96.6 Å². The van der Waals surface area contributed by atoms with E-state index >= 15 is 0 Å². The number of carbonyl (C=O) groups is 2. The van der Waals surface area contributed by atoms with E-state index in [4.69, 9.17) is 17.3 Å². The molecular weight excluding hydrogens is 340 g/mol. The Hall–Kier alpha value is -2.86. The molecular formula is C18H19ClN4O2. The van der Waals surface area contributed by atoms with Crippen LogP contribution in [0.4, 0.5) is 11.4 Å². The highest BCUT2D eigenvalue weighted by atomic mass is 35.5. The molecule has 25 heavy (non-hydrogen) atoms. The van der Waals surface area contributed by atoms with Crippen molar-refractivity contribution in [2.24, 2.45) is 5.10 Å². The van der Waals surface area contributed by atoms with Gasteiger partial charge < -0.3 is 11.1 Å². The summed E-state index contributed by atoms with van der Waals surface area (Å²) in [5.41, 5.74) is 10.8. The summed E-state index contributed by atoms with van der Waals surface area (Å²) in [5.74, 6) is -0.683. The number of para-hydroxylation sites is 1. The van der Waals surface area contributed by atoms with Crippen molar-refractivity contribution in [1.29, 1.82) is 0 Å². The molecule has 0 heterocycles. The summed E-state index contributed by atoms with van der Waals surface area (Å²) in [6.45, 7) is 3.53. The largest absolute Gasteiger partial charge is 0.398 e. The average Bonchev–Trinajstić information content (AvgIpc) is 2.56. The number of rotatable bonds is 5. The number of nitrogen functional groups attached to an aromatic ring is 1. The second kappa shape index (κ2) is 8.30. The Morgan fingerprint density at radius 3 is 2.60 bits per heavy atom. The number of hydrogen-bond acceptors (Lipinski definition) is 4. The van der Waals surface area contributed by atoms with Gasteiger partial charge in [-0.25, -0.2) is 5.43 Å². The van der Waals surface area contributed by atoms with Crippen LogP contribution in [-0.2, 0) is 4.79 Å². The summed E-state index contributed by atoms with van der Waals surface area (Å²) < 4.78 is 0. The number of amides is 2. The Bertz CT molecular complexity index is 834. The number of hydrogen-bond donors (Lipinski definition) is 3. The van der Waals surface area contributed by atoms with Crippen LogP contribution < -0.4 is 16.5 Å². The Labute approximate surface area is 151 Å². The summed E-state index contributed by atoms with van der Waals surface area (Å²) in [4.78, 5) is 24.0. The normalized spacial score (nSPS) is 11.1. The highest BCUT2D eigenvalue weighted by Crippen LogP contribution is 2.20. The van der Waals surface area contributed by atoms with E-state index in [1.54, 1.807) is 43.3 Å². The fraction of sp³-hybridized carbons (Fsp3) is 0.167. The predicted octanol–water partition coefficient (Wildman–Crippen LogP) is 3.37. The molecule has 130 valence electrons. The lowest BCUT2D eigenvalue weighted by molar-refractivity contribution is -0.115. The maximum absolute atomic E-state index is 12.0. The molecule has 0 bridgehead atoms. The first-order valence-electron chi connectivity index (χ1n) is 7.61. The second-order valence-electron chi connectivity index (χ2n) is 5.56. The molecule has 2 rings (SSSR count). The molecule has 0 aliphatic heterocycles. The van der Waals surface area contributed by atoms with Gasteiger partial charge >= 0.3 is 0 Å². The molecule has 0 atom stereocenters. The number of aryl methyl sites for hydroxylation is 1. The third-order valence-corrected chi connectivity index (χ3v) is 3.83. The van der Waals surface area contributed by atoms with Gasteiger partial charge in [0.05, 0.1) is 12.0 Å². The monoisotopic (exact) mass is 358 g/mol. The minimum Gasteiger partial charge on any atom is -0.398 e. The van der Waals surface area contributed by atoms with Crippen LogP contribution in [0.25, 0.3) is 0 Å². The van der Waals surface area contributed by atoms with E-state index in [2.05, 4.69) is 15.8 Å². The van der Waals surface area contributed by atoms with Crippen LogP contribution in [0, 0.1) is 6.92 Å². The van der Waals surface area contributed by atoms with Gasteiger partial charge in [0, 0.05) is 22.1 Å². The standard InChI is InChI=1S/C18H19ClN4O2/c1-11-7-8-13(10-15(11)19)21-17(24)9-12(2)22-23-18(25)14-5-3-4-6-16(14)20/h3-8,10H,9,20H2,1-2H3,(H,21,24)(H,23,25). The first kappa shape index (κ1) is 18.5. The summed E-state index contributed by atoms with van der Waals surface area (Å²) in [7, 11) is 0. The third kappa shape index (κ3) is 5.32. The molecule has 6 nitrogen and oxygen atoms in total. The van der Waals surface area contributed by atoms with Crippen molar-refractivity contribution >= 4 is 40.5 Å². The van der Waals surface area contributed by atoms with Gasteiger partial charge in [-0.2, -0.15) is 5.10 Å². The minimum atomic E-state index is -0.428. The minimum absolute atomic E-state index is 0.0377. The van der Waals surface area contributed by atoms with Gasteiger partial charge in [-0.15, -0.1) is 0 Å². The number of anilines is 2. The van der Waals surface area contributed by atoms with Gasteiger partial charge in [0.15, 0.2) is 0 Å². The zero-order valence-electron chi connectivity index (χ0n) is 14.0. The van der Waals surface area contributed by atoms with Crippen molar-refractivity contribution in [2.45, 2.75) is 20.3 Å². The second-order valence-corrected chi connectivity index (χ2v) is 5.97. The van der Waals surface area contributed by atoms with Crippen molar-refractivity contribution in [3.05, 3.63) is 58.6 Å². The molecule has 2 amide bonds. The summed E-state index contributed by atoms with van der Waals surface area (Å²) in [6.07, 6.45) is 0.0377. The lowest BCUT2D eigenvalue weighted by Crippen LogP contribution is -2.22. The van der Waals surface area contributed by atoms with Gasteiger partial charge in [0.1, 0.15) is 0 Å². The number of nitrogens with one attached hydrogen (secondary N) is 2. The van der Waals surface area contributed by atoms with E-state index in [0.717, 1.165) is 5.56 Å². The average molecular weight is 359 g/mol. The highest BCUT2D eigenvalue weighted by molar-refractivity contribution is 6.31. The molecule has 0 aliphatic carbocycles. The van der Waals surface area contributed by atoms with Crippen LogP contribution in [0.1, 0.15) is 29.3 Å². The van der Waals surface area contributed by atoms with Gasteiger partial charge in [-0.05, 0) is 43.7 Å². The number of nitrogens with two attached hydrogens (primary N) is 1. The molecule has 0 aromatic heterocycles. The smallest absolute Gasteiger partial charge is 0.273 e. The van der Waals surface area contributed by atoms with E-state index < -0.39 is 5.91 Å². The molecule has 0 aliphatic rings. The Morgan fingerprint density at radius 2 is 1.92 bits per heavy atom. The van der Waals surface area contributed by atoms with Crippen LogP contribution in [-0.4, -0.2) is 17.5 Å². The molecule has 0 radical (unpaired) electrons. The number of hydrazone groups is 1. The SMILES string of the molecule is CC(CC(=O)Nc1ccc(C)c(Cl)c1)=NNC(=O)c1ccccc1N. The van der Waals surface area contributed by atoms with Crippen LogP contribution in [0.5, 0.6) is 0 Å². The van der Waals surface area contributed by atoms with E-state index in [9.17, 15) is 9.59 Å². The van der Waals surface area contributed by atoms with E-state index in [1.165, 1.54) is 0 Å². The van der Waals surface area contributed by atoms with Crippen molar-refractivity contribution in [2.75, 3.05) is 11.1 Å². The zero-order valence-corrected chi connectivity index (χ0v) is 14.7. The molecule has 4 N–H and O–H groups in total.